The van der Waals surface area contributed by atoms with Crippen molar-refractivity contribution in [2.24, 2.45) is 0 Å². The number of ether oxygens (including phenoxy) is 1. The van der Waals surface area contributed by atoms with Crippen molar-refractivity contribution in [3.8, 4) is 0 Å². The number of hydrogen-bond acceptors (Lipinski definition) is 5. The lowest BCUT2D eigenvalue weighted by atomic mass is 10.2. The van der Waals surface area contributed by atoms with Crippen molar-refractivity contribution in [2.45, 2.75) is 39.9 Å². The van der Waals surface area contributed by atoms with Gasteiger partial charge in [0.2, 0.25) is 11.9 Å². The number of benzene rings is 2. The minimum absolute atomic E-state index is 0.222. The maximum Gasteiger partial charge on any atom is 0.331 e. The van der Waals surface area contributed by atoms with Gasteiger partial charge in [-0.05, 0) is 44.5 Å². The standard InChI is InChI=1S/C24H27N5O4/c1-3-27-22(31)17-10-5-7-12-19(17)29(24(27)32)16-21(30)26-23-25-18-11-6-8-13-20(18)28(23)14-9-15-33-4-2/h5-8,10-13H,3-4,9,14-16H2,1-2H3,(H,25,26,30). The van der Waals surface area contributed by atoms with Gasteiger partial charge in [-0.1, -0.05) is 24.3 Å². The SMILES string of the molecule is CCOCCCn1c(NC(=O)Cn2c(=O)n(CC)c(=O)c3ccccc32)nc2ccccc21. The van der Waals surface area contributed by atoms with E-state index in [-0.39, 0.29) is 18.6 Å². The lowest BCUT2D eigenvalue weighted by molar-refractivity contribution is -0.116. The van der Waals surface area contributed by atoms with Crippen molar-refractivity contribution in [2.75, 3.05) is 18.5 Å². The number of aryl methyl sites for hydroxylation is 1. The molecule has 0 spiro atoms. The second-order valence-electron chi connectivity index (χ2n) is 7.61. The predicted molar refractivity (Wildman–Crippen MR) is 128 cm³/mol. The number of para-hydroxylation sites is 3. The van der Waals surface area contributed by atoms with Crippen LogP contribution in [0.25, 0.3) is 21.9 Å². The van der Waals surface area contributed by atoms with Crippen LogP contribution in [0.2, 0.25) is 0 Å². The molecule has 0 unspecified atom stereocenters. The summed E-state index contributed by atoms with van der Waals surface area (Å²) in [6.45, 7) is 5.55. The van der Waals surface area contributed by atoms with Crippen LogP contribution >= 0.6 is 0 Å². The van der Waals surface area contributed by atoms with E-state index < -0.39 is 11.6 Å². The first-order chi connectivity index (χ1) is 16.0. The molecular weight excluding hydrogens is 422 g/mol. The molecule has 4 aromatic rings. The maximum atomic E-state index is 13.0. The normalized spacial score (nSPS) is 11.3. The Bertz CT molecular complexity index is 1420. The molecule has 0 radical (unpaired) electrons. The van der Waals surface area contributed by atoms with Gasteiger partial charge in [-0.25, -0.2) is 9.78 Å². The maximum absolute atomic E-state index is 13.0. The first-order valence-electron chi connectivity index (χ1n) is 11.1. The van der Waals surface area contributed by atoms with Crippen LogP contribution in [0, 0.1) is 0 Å². The van der Waals surface area contributed by atoms with E-state index in [1.165, 1.54) is 4.57 Å². The van der Waals surface area contributed by atoms with E-state index in [9.17, 15) is 14.4 Å². The molecular formula is C24H27N5O4. The molecule has 0 aliphatic rings. The van der Waals surface area contributed by atoms with Crippen LogP contribution in [-0.4, -0.2) is 37.8 Å². The van der Waals surface area contributed by atoms with E-state index in [1.54, 1.807) is 31.2 Å². The van der Waals surface area contributed by atoms with Gasteiger partial charge in [0.05, 0.1) is 21.9 Å². The summed E-state index contributed by atoms with van der Waals surface area (Å²) in [4.78, 5) is 43.2. The van der Waals surface area contributed by atoms with Crippen molar-refractivity contribution in [1.82, 2.24) is 18.7 Å². The zero-order chi connectivity index (χ0) is 23.4. The van der Waals surface area contributed by atoms with Crippen molar-refractivity contribution in [1.29, 1.82) is 0 Å². The van der Waals surface area contributed by atoms with Crippen LogP contribution < -0.4 is 16.6 Å². The summed E-state index contributed by atoms with van der Waals surface area (Å²) in [7, 11) is 0. The molecule has 2 aromatic carbocycles. The Hall–Kier alpha value is -3.72. The van der Waals surface area contributed by atoms with E-state index >= 15 is 0 Å². The Morgan fingerprint density at radius 2 is 1.70 bits per heavy atom. The van der Waals surface area contributed by atoms with Gasteiger partial charge in [0.15, 0.2) is 0 Å². The first-order valence-corrected chi connectivity index (χ1v) is 11.1. The van der Waals surface area contributed by atoms with Crippen LogP contribution in [0.3, 0.4) is 0 Å². The van der Waals surface area contributed by atoms with E-state index in [2.05, 4.69) is 10.3 Å². The third-order valence-corrected chi connectivity index (χ3v) is 5.53. The van der Waals surface area contributed by atoms with Gasteiger partial charge in [0, 0.05) is 26.3 Å². The number of rotatable bonds is 9. The average Bonchev–Trinajstić information content (AvgIpc) is 3.16. The zero-order valence-corrected chi connectivity index (χ0v) is 18.8. The molecule has 172 valence electrons. The summed E-state index contributed by atoms with van der Waals surface area (Å²) in [5, 5.41) is 3.26. The highest BCUT2D eigenvalue weighted by atomic mass is 16.5. The summed E-state index contributed by atoms with van der Waals surface area (Å²) in [5.41, 5.74) is 1.24. The Balaban J connectivity index is 1.66. The number of amides is 1. The fourth-order valence-electron chi connectivity index (χ4n) is 3.98. The number of nitrogens with zero attached hydrogens (tertiary/aromatic N) is 4. The van der Waals surface area contributed by atoms with Gasteiger partial charge in [0.25, 0.3) is 5.56 Å². The lowest BCUT2D eigenvalue weighted by Gasteiger charge is -2.14. The third-order valence-electron chi connectivity index (χ3n) is 5.53. The molecule has 4 rings (SSSR count). The Morgan fingerprint density at radius 3 is 2.45 bits per heavy atom. The van der Waals surface area contributed by atoms with Gasteiger partial charge < -0.3 is 9.30 Å². The fraction of sp³-hybridized carbons (Fsp3) is 0.333. The average molecular weight is 450 g/mol. The molecule has 1 N–H and O–H groups in total. The second-order valence-corrected chi connectivity index (χ2v) is 7.61. The number of fused-ring (bicyclic) bond motifs is 2. The van der Waals surface area contributed by atoms with Crippen molar-refractivity contribution < 1.29 is 9.53 Å². The van der Waals surface area contributed by atoms with Crippen LogP contribution in [0.4, 0.5) is 5.95 Å². The number of imidazole rings is 1. The van der Waals surface area contributed by atoms with Crippen LogP contribution in [0.5, 0.6) is 0 Å². The molecule has 0 aliphatic heterocycles. The molecule has 9 nitrogen and oxygen atoms in total. The largest absolute Gasteiger partial charge is 0.382 e. The number of carbonyl (C=O) groups excluding carboxylic acids is 1. The smallest absolute Gasteiger partial charge is 0.331 e. The highest BCUT2D eigenvalue weighted by Crippen LogP contribution is 2.20. The Labute approximate surface area is 190 Å². The van der Waals surface area contributed by atoms with Crippen molar-refractivity contribution in [3.63, 3.8) is 0 Å². The minimum Gasteiger partial charge on any atom is -0.382 e. The highest BCUT2D eigenvalue weighted by Gasteiger charge is 2.17. The van der Waals surface area contributed by atoms with Gasteiger partial charge in [-0.15, -0.1) is 0 Å². The number of anilines is 1. The van der Waals surface area contributed by atoms with Gasteiger partial charge in [0.1, 0.15) is 6.54 Å². The fourth-order valence-corrected chi connectivity index (χ4v) is 3.98. The molecule has 1 amide bonds. The van der Waals surface area contributed by atoms with Gasteiger partial charge >= 0.3 is 5.69 Å². The molecule has 0 bridgehead atoms. The van der Waals surface area contributed by atoms with Gasteiger partial charge in [-0.2, -0.15) is 0 Å². The van der Waals surface area contributed by atoms with Gasteiger partial charge in [-0.3, -0.25) is 24.0 Å². The topological polar surface area (TPSA) is 100 Å². The molecule has 9 heteroatoms. The first kappa shape index (κ1) is 22.5. The summed E-state index contributed by atoms with van der Waals surface area (Å²) in [6, 6.07) is 14.5. The predicted octanol–water partition coefficient (Wildman–Crippen LogP) is 2.60. The molecule has 0 fully saturated rings. The van der Waals surface area contributed by atoms with Crippen LogP contribution in [0.15, 0.2) is 58.1 Å². The zero-order valence-electron chi connectivity index (χ0n) is 18.8. The summed E-state index contributed by atoms with van der Waals surface area (Å²) in [6.07, 6.45) is 0.766. The number of hydrogen-bond donors (Lipinski definition) is 1. The van der Waals surface area contributed by atoms with E-state index in [0.29, 0.717) is 36.6 Å². The Kier molecular flexibility index (Phi) is 6.69. The molecule has 2 heterocycles. The van der Waals surface area contributed by atoms with E-state index in [0.717, 1.165) is 22.0 Å². The molecule has 0 saturated carbocycles. The molecule has 33 heavy (non-hydrogen) atoms. The summed E-state index contributed by atoms with van der Waals surface area (Å²) >= 11 is 0. The molecule has 0 atom stereocenters. The summed E-state index contributed by atoms with van der Waals surface area (Å²) in [5.74, 6) is 0.0174. The quantitative estimate of drug-likeness (QED) is 0.396. The number of aromatic nitrogens is 4. The second kappa shape index (κ2) is 9.83. The molecule has 0 aliphatic carbocycles. The number of carbonyl (C=O) groups is 1. The van der Waals surface area contributed by atoms with Crippen LogP contribution in [0.1, 0.15) is 20.3 Å². The third kappa shape index (κ3) is 4.45. The lowest BCUT2D eigenvalue weighted by Crippen LogP contribution is -2.41. The van der Waals surface area contributed by atoms with Crippen molar-refractivity contribution in [3.05, 3.63) is 69.4 Å². The summed E-state index contributed by atoms with van der Waals surface area (Å²) < 4.78 is 9.86. The number of nitrogens with one attached hydrogen (secondary N) is 1. The van der Waals surface area contributed by atoms with E-state index in [4.69, 9.17) is 4.74 Å². The van der Waals surface area contributed by atoms with Crippen LogP contribution in [-0.2, 0) is 29.2 Å². The molecule has 2 aromatic heterocycles. The minimum atomic E-state index is -0.512. The Morgan fingerprint density at radius 1 is 0.970 bits per heavy atom. The highest BCUT2D eigenvalue weighted by molar-refractivity contribution is 5.92. The molecule has 0 saturated heterocycles. The van der Waals surface area contributed by atoms with Crippen molar-refractivity contribution >= 4 is 33.8 Å². The van der Waals surface area contributed by atoms with E-state index in [1.807, 2.05) is 35.8 Å². The monoisotopic (exact) mass is 449 g/mol.